The van der Waals surface area contributed by atoms with Gasteiger partial charge in [0.05, 0.1) is 41.3 Å². The Kier molecular flexibility index (Phi) is 6.53. The van der Waals surface area contributed by atoms with Crippen molar-refractivity contribution in [1.29, 1.82) is 0 Å². The van der Waals surface area contributed by atoms with E-state index in [2.05, 4.69) is 10.6 Å². The molecule has 8 nitrogen and oxygen atoms in total. The fourth-order valence-electron chi connectivity index (χ4n) is 6.14. The van der Waals surface area contributed by atoms with Gasteiger partial charge in [-0.15, -0.1) is 0 Å². The number of para-hydroxylation sites is 1. The zero-order valence-electron chi connectivity index (χ0n) is 20.2. The molecule has 3 heterocycles. The molecule has 0 radical (unpaired) electrons. The Bertz CT molecular complexity index is 1170. The van der Waals surface area contributed by atoms with Gasteiger partial charge in [0.2, 0.25) is 17.7 Å². The van der Waals surface area contributed by atoms with Crippen LogP contribution in [0.1, 0.15) is 30.9 Å². The second-order valence-corrected chi connectivity index (χ2v) is 10.4. The van der Waals surface area contributed by atoms with E-state index in [1.807, 2.05) is 43.3 Å². The third-order valence-electron chi connectivity index (χ3n) is 7.81. The first-order valence-corrected chi connectivity index (χ1v) is 12.6. The number of hydrogen-bond donors (Lipinski definition) is 3. The molecule has 5 rings (SSSR count). The van der Waals surface area contributed by atoms with Crippen LogP contribution < -0.4 is 10.6 Å². The van der Waals surface area contributed by atoms with Crippen LogP contribution in [0.3, 0.4) is 0 Å². The molecule has 6 atom stereocenters. The van der Waals surface area contributed by atoms with Gasteiger partial charge in [0, 0.05) is 6.54 Å². The summed E-state index contributed by atoms with van der Waals surface area (Å²) in [5.41, 5.74) is 1.06. The van der Waals surface area contributed by atoms with Crippen molar-refractivity contribution < 1.29 is 24.2 Å². The number of nitrogens with one attached hydrogen (secondary N) is 2. The second kappa shape index (κ2) is 9.50. The number of carbonyl (C=O) groups is 3. The van der Waals surface area contributed by atoms with Gasteiger partial charge in [-0.3, -0.25) is 14.4 Å². The number of likely N-dealkylation sites (tertiary alicyclic amines) is 1. The zero-order chi connectivity index (χ0) is 25.6. The molecular weight excluding hydrogens is 482 g/mol. The molecule has 0 saturated carbocycles. The molecule has 3 aliphatic heterocycles. The van der Waals surface area contributed by atoms with E-state index in [9.17, 15) is 19.5 Å². The summed E-state index contributed by atoms with van der Waals surface area (Å²) < 4.78 is 6.40. The Morgan fingerprint density at radius 3 is 2.64 bits per heavy atom. The van der Waals surface area contributed by atoms with Gasteiger partial charge >= 0.3 is 0 Å². The van der Waals surface area contributed by atoms with E-state index in [1.165, 1.54) is 4.90 Å². The number of hydrogen-bond acceptors (Lipinski definition) is 5. The Labute approximate surface area is 215 Å². The lowest BCUT2D eigenvalue weighted by Gasteiger charge is -2.35. The number of aryl methyl sites for hydroxylation is 1. The van der Waals surface area contributed by atoms with Crippen LogP contribution in [0, 0.1) is 18.8 Å². The Balaban J connectivity index is 1.45. The van der Waals surface area contributed by atoms with E-state index in [-0.39, 0.29) is 18.4 Å². The van der Waals surface area contributed by atoms with E-state index in [0.717, 1.165) is 11.1 Å². The third-order valence-corrected chi connectivity index (χ3v) is 8.12. The predicted octanol–water partition coefficient (Wildman–Crippen LogP) is 2.66. The van der Waals surface area contributed by atoms with Crippen LogP contribution in [-0.4, -0.2) is 58.1 Å². The van der Waals surface area contributed by atoms with Crippen LogP contribution in [0.2, 0.25) is 5.02 Å². The lowest BCUT2D eigenvalue weighted by molar-refractivity contribution is -0.143. The highest BCUT2D eigenvalue weighted by molar-refractivity contribution is 6.34. The Hall–Kier alpha value is -2.94. The number of anilines is 1. The first-order chi connectivity index (χ1) is 17.3. The number of halogens is 1. The molecular formula is C27H30ClN3O5. The summed E-state index contributed by atoms with van der Waals surface area (Å²) in [6.07, 6.45) is 0.604. The molecule has 3 amide bonds. The number of benzene rings is 2. The number of aliphatic hydroxyl groups excluding tert-OH is 1. The highest BCUT2D eigenvalue weighted by Gasteiger charge is 2.74. The molecule has 0 aromatic heterocycles. The van der Waals surface area contributed by atoms with Crippen molar-refractivity contribution >= 4 is 35.0 Å². The summed E-state index contributed by atoms with van der Waals surface area (Å²) in [4.78, 5) is 42.4. The predicted molar refractivity (Wildman–Crippen MR) is 134 cm³/mol. The van der Waals surface area contributed by atoms with Crippen LogP contribution in [-0.2, 0) is 25.7 Å². The number of amides is 3. The smallest absolute Gasteiger partial charge is 0.250 e. The molecule has 3 N–H and O–H groups in total. The molecule has 190 valence electrons. The maximum Gasteiger partial charge on any atom is 0.250 e. The number of aliphatic hydroxyl groups is 1. The monoisotopic (exact) mass is 511 g/mol. The number of rotatable bonds is 7. The maximum absolute atomic E-state index is 13.8. The van der Waals surface area contributed by atoms with Gasteiger partial charge in [0.15, 0.2) is 0 Å². The fraction of sp³-hybridized carbons (Fsp3) is 0.444. The molecule has 0 aliphatic carbocycles. The molecule has 3 fully saturated rings. The van der Waals surface area contributed by atoms with Gasteiger partial charge in [0.25, 0.3) is 0 Å². The van der Waals surface area contributed by atoms with Gasteiger partial charge in [0.1, 0.15) is 11.6 Å². The summed E-state index contributed by atoms with van der Waals surface area (Å²) in [6, 6.07) is 13.2. The molecule has 3 saturated heterocycles. The molecule has 2 aromatic carbocycles. The largest absolute Gasteiger partial charge is 0.394 e. The Morgan fingerprint density at radius 1 is 1.19 bits per heavy atom. The third kappa shape index (κ3) is 3.88. The number of carbonyl (C=O) groups excluding carboxylic acids is 3. The second-order valence-electron chi connectivity index (χ2n) is 9.96. The van der Waals surface area contributed by atoms with Gasteiger partial charge < -0.3 is 25.4 Å². The van der Waals surface area contributed by atoms with E-state index in [1.54, 1.807) is 19.1 Å². The number of ether oxygens (including phenoxy) is 1. The molecule has 36 heavy (non-hydrogen) atoms. The lowest BCUT2D eigenvalue weighted by Crippen LogP contribution is -2.55. The summed E-state index contributed by atoms with van der Waals surface area (Å²) in [7, 11) is 0. The van der Waals surface area contributed by atoms with E-state index in [4.69, 9.17) is 16.3 Å². The molecule has 2 unspecified atom stereocenters. The normalized spacial score (nSPS) is 29.2. The standard InChI is InChI=1S/C27H30ClN3O5/c1-15-7-6-10-18(28)22(15)30-25(34)23-27-12-11-19(36-27)20(21(27)26(35)31(23)16(2)14-32)24(33)29-13-17-8-4-3-5-9-17/h3-10,16,19-21,23,32H,11-14H2,1-2H3,(H,29,33)(H,30,34)/t16-,19-,20+,21+,23?,27?/m1/s1. The van der Waals surface area contributed by atoms with Gasteiger partial charge in [-0.1, -0.05) is 54.1 Å². The minimum absolute atomic E-state index is 0.261. The fourth-order valence-corrected chi connectivity index (χ4v) is 6.41. The highest BCUT2D eigenvalue weighted by atomic mass is 35.5. The highest BCUT2D eigenvalue weighted by Crippen LogP contribution is 2.58. The minimum Gasteiger partial charge on any atom is -0.394 e. The van der Waals surface area contributed by atoms with Crippen molar-refractivity contribution in [3.8, 4) is 0 Å². The van der Waals surface area contributed by atoms with Crippen LogP contribution in [0.4, 0.5) is 5.69 Å². The van der Waals surface area contributed by atoms with Crippen LogP contribution in [0.5, 0.6) is 0 Å². The topological polar surface area (TPSA) is 108 Å². The zero-order valence-corrected chi connectivity index (χ0v) is 21.0. The van der Waals surface area contributed by atoms with Crippen molar-refractivity contribution in [2.45, 2.75) is 57.0 Å². The molecule has 2 aromatic rings. The van der Waals surface area contributed by atoms with Crippen LogP contribution in [0.25, 0.3) is 0 Å². The summed E-state index contributed by atoms with van der Waals surface area (Å²) in [5, 5.41) is 16.2. The van der Waals surface area contributed by atoms with Gasteiger partial charge in [-0.2, -0.15) is 0 Å². The average Bonchev–Trinajstić information content (AvgIpc) is 3.52. The Morgan fingerprint density at radius 2 is 1.94 bits per heavy atom. The average molecular weight is 512 g/mol. The van der Waals surface area contributed by atoms with Crippen molar-refractivity contribution in [3.05, 3.63) is 64.7 Å². The SMILES string of the molecule is Cc1cccc(Cl)c1NC(=O)C1N([C@H](C)CO)C(=O)[C@@H]2[C@@H](C(=O)NCc3ccccc3)[C@H]3CCC12O3. The first kappa shape index (κ1) is 24.7. The van der Waals surface area contributed by atoms with Gasteiger partial charge in [-0.25, -0.2) is 0 Å². The molecule has 1 spiro atoms. The maximum atomic E-state index is 13.8. The summed E-state index contributed by atoms with van der Waals surface area (Å²) >= 11 is 6.35. The van der Waals surface area contributed by atoms with Crippen LogP contribution in [0.15, 0.2) is 48.5 Å². The van der Waals surface area contributed by atoms with Crippen molar-refractivity contribution in [2.24, 2.45) is 11.8 Å². The van der Waals surface area contributed by atoms with Crippen molar-refractivity contribution in [3.63, 3.8) is 0 Å². The number of fused-ring (bicyclic) bond motifs is 1. The molecule has 3 aliphatic rings. The summed E-state index contributed by atoms with van der Waals surface area (Å²) in [6.45, 7) is 3.54. The minimum atomic E-state index is -1.14. The van der Waals surface area contributed by atoms with Crippen molar-refractivity contribution in [1.82, 2.24) is 10.2 Å². The van der Waals surface area contributed by atoms with Gasteiger partial charge in [-0.05, 0) is 43.9 Å². The van der Waals surface area contributed by atoms with E-state index in [0.29, 0.717) is 30.1 Å². The number of nitrogens with zero attached hydrogens (tertiary/aromatic N) is 1. The first-order valence-electron chi connectivity index (χ1n) is 12.3. The summed E-state index contributed by atoms with van der Waals surface area (Å²) in [5.74, 6) is -2.54. The quantitative estimate of drug-likeness (QED) is 0.529. The van der Waals surface area contributed by atoms with Crippen LogP contribution >= 0.6 is 11.6 Å². The van der Waals surface area contributed by atoms with E-state index >= 15 is 0 Å². The molecule has 9 heteroatoms. The van der Waals surface area contributed by atoms with Crippen molar-refractivity contribution in [2.75, 3.05) is 11.9 Å². The van der Waals surface area contributed by atoms with E-state index < -0.39 is 41.5 Å². The molecule has 2 bridgehead atoms. The lowest BCUT2D eigenvalue weighted by atomic mass is 9.70.